The smallest absolute Gasteiger partial charge is 0.0589 e. The van der Waals surface area contributed by atoms with Gasteiger partial charge in [-0.1, -0.05) is 6.92 Å². The third-order valence-corrected chi connectivity index (χ3v) is 3.84. The highest BCUT2D eigenvalue weighted by Crippen LogP contribution is 2.29. The van der Waals surface area contributed by atoms with Gasteiger partial charge in [0.15, 0.2) is 0 Å². The van der Waals surface area contributed by atoms with Gasteiger partial charge >= 0.3 is 0 Å². The van der Waals surface area contributed by atoms with Crippen molar-refractivity contribution in [2.45, 2.75) is 32.2 Å². The monoisotopic (exact) mass is 228 g/mol. The number of nitrogens with one attached hydrogen (secondary N) is 1. The normalized spacial score (nSPS) is 30.9. The summed E-state index contributed by atoms with van der Waals surface area (Å²) >= 11 is 0. The average Bonchev–Trinajstić information content (AvgIpc) is 2.27. The van der Waals surface area contributed by atoms with Crippen LogP contribution in [0, 0.1) is 11.8 Å². The molecule has 3 unspecified atom stereocenters. The van der Waals surface area contributed by atoms with Crippen LogP contribution in [-0.4, -0.2) is 51.8 Å². The molecule has 0 bridgehead atoms. The molecular weight excluding hydrogens is 200 g/mol. The topological polar surface area (TPSA) is 24.5 Å². The quantitative estimate of drug-likeness (QED) is 0.747. The van der Waals surface area contributed by atoms with Crippen LogP contribution in [0.5, 0.6) is 0 Å². The number of hydrogen-bond acceptors (Lipinski definition) is 3. The Bertz CT molecular complexity index is 187. The molecule has 1 saturated carbocycles. The van der Waals surface area contributed by atoms with Gasteiger partial charge in [-0.15, -0.1) is 0 Å². The number of nitrogens with zero attached hydrogens (tertiary/aromatic N) is 1. The molecule has 1 aliphatic rings. The van der Waals surface area contributed by atoms with Crippen molar-refractivity contribution in [3.8, 4) is 0 Å². The Balaban J connectivity index is 2.36. The molecule has 0 aromatic carbocycles. The zero-order valence-corrected chi connectivity index (χ0v) is 11.3. The van der Waals surface area contributed by atoms with E-state index in [1.165, 1.54) is 25.8 Å². The van der Waals surface area contributed by atoms with Crippen LogP contribution < -0.4 is 5.32 Å². The van der Waals surface area contributed by atoms with Gasteiger partial charge in [-0.2, -0.15) is 0 Å². The van der Waals surface area contributed by atoms with E-state index < -0.39 is 0 Å². The van der Waals surface area contributed by atoms with Crippen LogP contribution in [0.25, 0.3) is 0 Å². The molecule has 3 heteroatoms. The molecule has 0 heterocycles. The maximum Gasteiger partial charge on any atom is 0.0589 e. The molecule has 0 aromatic heterocycles. The Morgan fingerprint density at radius 1 is 1.38 bits per heavy atom. The summed E-state index contributed by atoms with van der Waals surface area (Å²) in [5.41, 5.74) is 0. The minimum Gasteiger partial charge on any atom is -0.383 e. The molecule has 0 aliphatic heterocycles. The second-order valence-corrected chi connectivity index (χ2v) is 5.33. The molecule has 3 nitrogen and oxygen atoms in total. The fourth-order valence-electron chi connectivity index (χ4n) is 2.82. The Kier molecular flexibility index (Phi) is 6.32. The number of ether oxygens (including phenoxy) is 1. The fourth-order valence-corrected chi connectivity index (χ4v) is 2.82. The van der Waals surface area contributed by atoms with Crippen LogP contribution in [-0.2, 0) is 4.74 Å². The van der Waals surface area contributed by atoms with Crippen molar-refractivity contribution >= 4 is 0 Å². The van der Waals surface area contributed by atoms with Crippen molar-refractivity contribution in [1.29, 1.82) is 0 Å². The second kappa shape index (κ2) is 7.25. The first-order valence-electron chi connectivity index (χ1n) is 6.52. The molecule has 0 saturated heterocycles. The van der Waals surface area contributed by atoms with E-state index in [0.29, 0.717) is 6.04 Å². The van der Waals surface area contributed by atoms with Crippen molar-refractivity contribution in [3.63, 3.8) is 0 Å². The SMILES string of the molecule is CNC1CCC(C)CC1CN(C)CCOC. The number of hydrogen-bond donors (Lipinski definition) is 1. The van der Waals surface area contributed by atoms with E-state index in [1.807, 2.05) is 0 Å². The first-order valence-corrected chi connectivity index (χ1v) is 6.52. The molecule has 0 spiro atoms. The third-order valence-electron chi connectivity index (χ3n) is 3.84. The van der Waals surface area contributed by atoms with Gasteiger partial charge in [0.05, 0.1) is 6.61 Å². The second-order valence-electron chi connectivity index (χ2n) is 5.33. The van der Waals surface area contributed by atoms with E-state index in [2.05, 4.69) is 31.2 Å². The largest absolute Gasteiger partial charge is 0.383 e. The Hall–Kier alpha value is -0.120. The minimum absolute atomic E-state index is 0.709. The lowest BCUT2D eigenvalue weighted by atomic mass is 9.78. The third kappa shape index (κ3) is 4.40. The first kappa shape index (κ1) is 13.9. The van der Waals surface area contributed by atoms with Crippen molar-refractivity contribution in [3.05, 3.63) is 0 Å². The van der Waals surface area contributed by atoms with Crippen molar-refractivity contribution in [2.75, 3.05) is 40.9 Å². The predicted molar refractivity (Wildman–Crippen MR) is 68.7 cm³/mol. The molecule has 96 valence electrons. The van der Waals surface area contributed by atoms with Gasteiger partial charge in [0.1, 0.15) is 0 Å². The predicted octanol–water partition coefficient (Wildman–Crippen LogP) is 1.59. The van der Waals surface area contributed by atoms with Gasteiger partial charge in [-0.25, -0.2) is 0 Å². The highest BCUT2D eigenvalue weighted by molar-refractivity contribution is 4.84. The van der Waals surface area contributed by atoms with Crippen molar-refractivity contribution in [2.24, 2.45) is 11.8 Å². The molecule has 0 aromatic rings. The van der Waals surface area contributed by atoms with Crippen LogP contribution in [0.2, 0.25) is 0 Å². The maximum atomic E-state index is 5.12. The molecule has 1 fully saturated rings. The van der Waals surface area contributed by atoms with Crippen LogP contribution in [0.1, 0.15) is 26.2 Å². The molecule has 0 amide bonds. The van der Waals surface area contributed by atoms with E-state index in [1.54, 1.807) is 7.11 Å². The van der Waals surface area contributed by atoms with Crippen LogP contribution >= 0.6 is 0 Å². The van der Waals surface area contributed by atoms with Crippen molar-refractivity contribution in [1.82, 2.24) is 10.2 Å². The fraction of sp³-hybridized carbons (Fsp3) is 1.00. The average molecular weight is 228 g/mol. The number of likely N-dealkylation sites (N-methyl/N-ethyl adjacent to an activating group) is 1. The van der Waals surface area contributed by atoms with E-state index in [9.17, 15) is 0 Å². The molecule has 16 heavy (non-hydrogen) atoms. The van der Waals surface area contributed by atoms with E-state index in [0.717, 1.165) is 25.0 Å². The lowest BCUT2D eigenvalue weighted by molar-refractivity contribution is 0.126. The summed E-state index contributed by atoms with van der Waals surface area (Å²) in [5, 5.41) is 3.48. The molecule has 1 rings (SSSR count). The molecule has 0 radical (unpaired) electrons. The summed E-state index contributed by atoms with van der Waals surface area (Å²) in [6.07, 6.45) is 4.08. The Labute approximate surface area is 101 Å². The van der Waals surface area contributed by atoms with Crippen molar-refractivity contribution < 1.29 is 4.74 Å². The lowest BCUT2D eigenvalue weighted by Gasteiger charge is -2.37. The van der Waals surface area contributed by atoms with Crippen LogP contribution in [0.15, 0.2) is 0 Å². The van der Waals surface area contributed by atoms with Gasteiger partial charge in [0.2, 0.25) is 0 Å². The van der Waals surface area contributed by atoms with Crippen LogP contribution in [0.4, 0.5) is 0 Å². The number of rotatable bonds is 6. The summed E-state index contributed by atoms with van der Waals surface area (Å²) in [6, 6.07) is 0.709. The highest BCUT2D eigenvalue weighted by atomic mass is 16.5. The lowest BCUT2D eigenvalue weighted by Crippen LogP contribution is -2.44. The number of methoxy groups -OCH3 is 1. The van der Waals surface area contributed by atoms with Gasteiger partial charge in [0, 0.05) is 26.2 Å². The van der Waals surface area contributed by atoms with E-state index >= 15 is 0 Å². The molecule has 1 N–H and O–H groups in total. The van der Waals surface area contributed by atoms with Gasteiger partial charge < -0.3 is 15.0 Å². The summed E-state index contributed by atoms with van der Waals surface area (Å²) in [6.45, 7) is 5.45. The first-order chi connectivity index (χ1) is 7.67. The standard InChI is InChI=1S/C13H28N2O/c1-11-5-6-13(14-2)12(9-11)10-15(3)7-8-16-4/h11-14H,5-10H2,1-4H3. The molecule has 3 atom stereocenters. The highest BCUT2D eigenvalue weighted by Gasteiger charge is 2.28. The summed E-state index contributed by atoms with van der Waals surface area (Å²) in [4.78, 5) is 2.40. The Morgan fingerprint density at radius 2 is 2.12 bits per heavy atom. The molecular formula is C13H28N2O. The summed E-state index contributed by atoms with van der Waals surface area (Å²) in [7, 11) is 6.07. The van der Waals surface area contributed by atoms with Crippen LogP contribution in [0.3, 0.4) is 0 Å². The zero-order valence-electron chi connectivity index (χ0n) is 11.3. The van der Waals surface area contributed by atoms with Gasteiger partial charge in [0.25, 0.3) is 0 Å². The Morgan fingerprint density at radius 3 is 2.75 bits per heavy atom. The van der Waals surface area contributed by atoms with E-state index in [-0.39, 0.29) is 0 Å². The summed E-state index contributed by atoms with van der Waals surface area (Å²) in [5.74, 6) is 1.70. The summed E-state index contributed by atoms with van der Waals surface area (Å²) < 4.78 is 5.12. The molecule has 1 aliphatic carbocycles. The zero-order chi connectivity index (χ0) is 12.0. The van der Waals surface area contributed by atoms with E-state index in [4.69, 9.17) is 4.74 Å². The maximum absolute atomic E-state index is 5.12. The van der Waals surface area contributed by atoms with Gasteiger partial charge in [-0.3, -0.25) is 0 Å². The minimum atomic E-state index is 0.709. The van der Waals surface area contributed by atoms with Gasteiger partial charge in [-0.05, 0) is 45.2 Å².